The molecule has 0 spiro atoms. The first kappa shape index (κ1) is 10.8. The summed E-state index contributed by atoms with van der Waals surface area (Å²) in [4.78, 5) is 11.5. The van der Waals surface area contributed by atoms with E-state index in [4.69, 9.17) is 0 Å². The van der Waals surface area contributed by atoms with E-state index in [-0.39, 0.29) is 0 Å². The molecule has 0 amide bonds. The minimum Gasteiger partial charge on any atom is -0.310 e. The van der Waals surface area contributed by atoms with Crippen LogP contribution in [0.2, 0.25) is 0 Å². The van der Waals surface area contributed by atoms with Crippen LogP contribution in [-0.2, 0) is 11.2 Å². The lowest BCUT2D eigenvalue weighted by Gasteiger charge is -2.02. The van der Waals surface area contributed by atoms with Gasteiger partial charge in [-0.15, -0.1) is 0 Å². The number of nitrogens with one attached hydrogen (secondary N) is 1. The third-order valence-electron chi connectivity index (χ3n) is 2.72. The molecule has 82 valence electrons. The average molecular weight is 223 g/mol. The first-order valence-electron chi connectivity index (χ1n) is 5.58. The highest BCUT2D eigenvalue weighted by molar-refractivity contribution is 7.07. The lowest BCUT2D eigenvalue weighted by molar-refractivity contribution is -0.118. The van der Waals surface area contributed by atoms with Crippen LogP contribution in [0, 0.1) is 5.92 Å². The Morgan fingerprint density at radius 2 is 2.40 bits per heavy atom. The van der Waals surface area contributed by atoms with E-state index in [9.17, 15) is 4.79 Å². The number of aryl methyl sites for hydroxylation is 1. The van der Waals surface area contributed by atoms with Gasteiger partial charge in [-0.3, -0.25) is 4.79 Å². The Balaban J connectivity index is 1.55. The average Bonchev–Trinajstić information content (AvgIpc) is 2.91. The number of hydrogen-bond acceptors (Lipinski definition) is 3. The molecule has 0 aromatic carbocycles. The first-order valence-corrected chi connectivity index (χ1v) is 6.52. The topological polar surface area (TPSA) is 29.1 Å². The van der Waals surface area contributed by atoms with Crippen LogP contribution in [0.5, 0.6) is 0 Å². The standard InChI is InChI=1S/C12H17NOS/c14-12(8-13-7-10-1-2-10)4-3-11-5-6-15-9-11/h5-6,9-10,13H,1-4,7-8H2. The molecule has 1 N–H and O–H groups in total. The van der Waals surface area contributed by atoms with Crippen LogP contribution in [0.25, 0.3) is 0 Å². The van der Waals surface area contributed by atoms with E-state index in [0.717, 1.165) is 18.9 Å². The normalized spacial score (nSPS) is 15.5. The molecule has 1 aliphatic carbocycles. The Hall–Kier alpha value is -0.670. The van der Waals surface area contributed by atoms with Gasteiger partial charge in [0.25, 0.3) is 0 Å². The van der Waals surface area contributed by atoms with Crippen LogP contribution in [0.3, 0.4) is 0 Å². The molecule has 0 bridgehead atoms. The summed E-state index contributed by atoms with van der Waals surface area (Å²) in [6.07, 6.45) is 4.26. The van der Waals surface area contributed by atoms with Gasteiger partial charge in [-0.25, -0.2) is 0 Å². The molecule has 0 radical (unpaired) electrons. The van der Waals surface area contributed by atoms with E-state index in [1.807, 2.05) is 0 Å². The monoisotopic (exact) mass is 223 g/mol. The lowest BCUT2D eigenvalue weighted by Crippen LogP contribution is -2.25. The molecule has 0 unspecified atom stereocenters. The molecule has 1 aromatic rings. The Morgan fingerprint density at radius 1 is 1.53 bits per heavy atom. The second kappa shape index (κ2) is 5.42. The highest BCUT2D eigenvalue weighted by Gasteiger charge is 2.20. The Morgan fingerprint density at radius 3 is 3.07 bits per heavy atom. The summed E-state index contributed by atoms with van der Waals surface area (Å²) in [5.74, 6) is 1.19. The van der Waals surface area contributed by atoms with Gasteiger partial charge in [0, 0.05) is 6.42 Å². The molecule has 3 heteroatoms. The fourth-order valence-corrected chi connectivity index (χ4v) is 2.25. The quantitative estimate of drug-likeness (QED) is 0.768. The van der Waals surface area contributed by atoms with E-state index >= 15 is 0 Å². The Kier molecular flexibility index (Phi) is 3.92. The van der Waals surface area contributed by atoms with Crippen LogP contribution >= 0.6 is 11.3 Å². The molecule has 1 fully saturated rings. The van der Waals surface area contributed by atoms with Gasteiger partial charge in [-0.1, -0.05) is 0 Å². The van der Waals surface area contributed by atoms with Gasteiger partial charge < -0.3 is 5.32 Å². The van der Waals surface area contributed by atoms with Gasteiger partial charge in [0.05, 0.1) is 6.54 Å². The van der Waals surface area contributed by atoms with Crippen molar-refractivity contribution in [3.8, 4) is 0 Å². The predicted octanol–water partition coefficient (Wildman–Crippen LogP) is 2.25. The van der Waals surface area contributed by atoms with Crippen molar-refractivity contribution in [1.29, 1.82) is 0 Å². The summed E-state index contributed by atoms with van der Waals surface area (Å²) in [6, 6.07) is 2.09. The van der Waals surface area contributed by atoms with E-state index in [0.29, 0.717) is 18.7 Å². The number of rotatable bonds is 7. The summed E-state index contributed by atoms with van der Waals surface area (Å²) in [5, 5.41) is 7.41. The van der Waals surface area contributed by atoms with E-state index in [2.05, 4.69) is 22.1 Å². The summed E-state index contributed by atoms with van der Waals surface area (Å²) < 4.78 is 0. The molecule has 0 atom stereocenters. The fourth-order valence-electron chi connectivity index (χ4n) is 1.54. The van der Waals surface area contributed by atoms with Crippen molar-refractivity contribution >= 4 is 17.1 Å². The lowest BCUT2D eigenvalue weighted by atomic mass is 10.1. The summed E-state index contributed by atoms with van der Waals surface area (Å²) in [7, 11) is 0. The van der Waals surface area contributed by atoms with Crippen LogP contribution in [0.1, 0.15) is 24.8 Å². The van der Waals surface area contributed by atoms with Gasteiger partial charge in [-0.2, -0.15) is 11.3 Å². The number of thiophene rings is 1. The second-order valence-electron chi connectivity index (χ2n) is 4.24. The number of hydrogen-bond donors (Lipinski definition) is 1. The molecule has 2 nitrogen and oxygen atoms in total. The van der Waals surface area contributed by atoms with Crippen molar-refractivity contribution in [2.24, 2.45) is 5.92 Å². The predicted molar refractivity (Wildman–Crippen MR) is 63.2 cm³/mol. The summed E-state index contributed by atoms with van der Waals surface area (Å²) in [6.45, 7) is 1.59. The van der Waals surface area contributed by atoms with Crippen molar-refractivity contribution in [3.05, 3.63) is 22.4 Å². The molecular formula is C12H17NOS. The van der Waals surface area contributed by atoms with Crippen molar-refractivity contribution in [2.75, 3.05) is 13.1 Å². The van der Waals surface area contributed by atoms with Gasteiger partial charge in [0.2, 0.25) is 0 Å². The van der Waals surface area contributed by atoms with Crippen LogP contribution in [0.4, 0.5) is 0 Å². The highest BCUT2D eigenvalue weighted by atomic mass is 32.1. The number of Topliss-reactive ketones (excluding diaryl/α,β-unsaturated/α-hetero) is 1. The van der Waals surface area contributed by atoms with Crippen LogP contribution < -0.4 is 5.32 Å². The molecule has 1 heterocycles. The largest absolute Gasteiger partial charge is 0.310 e. The van der Waals surface area contributed by atoms with E-state index in [1.54, 1.807) is 11.3 Å². The minimum absolute atomic E-state index is 0.335. The second-order valence-corrected chi connectivity index (χ2v) is 5.02. The molecule has 0 aliphatic heterocycles. The van der Waals surface area contributed by atoms with Gasteiger partial charge in [-0.05, 0) is 54.1 Å². The molecular weight excluding hydrogens is 206 g/mol. The maximum Gasteiger partial charge on any atom is 0.146 e. The number of carbonyl (C=O) groups excluding carboxylic acids is 1. The molecule has 0 saturated heterocycles. The smallest absolute Gasteiger partial charge is 0.146 e. The van der Waals surface area contributed by atoms with E-state index in [1.165, 1.54) is 18.4 Å². The maximum atomic E-state index is 11.5. The van der Waals surface area contributed by atoms with Crippen molar-refractivity contribution in [3.63, 3.8) is 0 Å². The zero-order valence-corrected chi connectivity index (χ0v) is 9.69. The Labute approximate surface area is 94.7 Å². The SMILES string of the molecule is O=C(CCc1ccsc1)CNCC1CC1. The van der Waals surface area contributed by atoms with Crippen LogP contribution in [-0.4, -0.2) is 18.9 Å². The minimum atomic E-state index is 0.335. The fraction of sp³-hybridized carbons (Fsp3) is 0.583. The summed E-state index contributed by atoms with van der Waals surface area (Å²) >= 11 is 1.69. The molecule has 1 aromatic heterocycles. The van der Waals surface area contributed by atoms with Gasteiger partial charge in [0.15, 0.2) is 0 Å². The van der Waals surface area contributed by atoms with Crippen molar-refractivity contribution < 1.29 is 4.79 Å². The third kappa shape index (κ3) is 4.14. The van der Waals surface area contributed by atoms with E-state index < -0.39 is 0 Å². The van der Waals surface area contributed by atoms with Gasteiger partial charge >= 0.3 is 0 Å². The summed E-state index contributed by atoms with van der Waals surface area (Å²) in [5.41, 5.74) is 1.29. The van der Waals surface area contributed by atoms with Gasteiger partial charge in [0.1, 0.15) is 5.78 Å². The highest BCUT2D eigenvalue weighted by Crippen LogP contribution is 2.27. The van der Waals surface area contributed by atoms with Crippen molar-refractivity contribution in [2.45, 2.75) is 25.7 Å². The first-order chi connectivity index (χ1) is 7.34. The zero-order chi connectivity index (χ0) is 10.5. The van der Waals surface area contributed by atoms with Crippen LogP contribution in [0.15, 0.2) is 16.8 Å². The Bertz CT molecular complexity index is 303. The number of ketones is 1. The molecule has 2 rings (SSSR count). The number of carbonyl (C=O) groups is 1. The molecule has 15 heavy (non-hydrogen) atoms. The molecule has 1 aliphatic rings. The van der Waals surface area contributed by atoms with Crippen molar-refractivity contribution in [1.82, 2.24) is 5.32 Å². The maximum absolute atomic E-state index is 11.5. The zero-order valence-electron chi connectivity index (χ0n) is 8.87. The third-order valence-corrected chi connectivity index (χ3v) is 3.46. The molecule has 1 saturated carbocycles.